The minimum atomic E-state index is 0.0659. The third-order valence-electron chi connectivity index (χ3n) is 2.38. The molecule has 15 heavy (non-hydrogen) atoms. The third-order valence-corrected chi connectivity index (χ3v) is 2.38. The van der Waals surface area contributed by atoms with Gasteiger partial charge in [0, 0.05) is 13.2 Å². The molecule has 0 saturated heterocycles. The predicted octanol–water partition coefficient (Wildman–Crippen LogP) is 3.11. The lowest BCUT2D eigenvalue weighted by atomic mass is 10.0. The summed E-state index contributed by atoms with van der Waals surface area (Å²) in [5.41, 5.74) is 2.49. The van der Waals surface area contributed by atoms with E-state index in [2.05, 4.69) is 19.1 Å². The SMILES string of the molecule is CCOCC(OCC)c1ccccc1C. The van der Waals surface area contributed by atoms with Crippen LogP contribution >= 0.6 is 0 Å². The zero-order chi connectivity index (χ0) is 11.1. The monoisotopic (exact) mass is 208 g/mol. The molecule has 0 aromatic heterocycles. The number of hydrogen-bond donors (Lipinski definition) is 0. The van der Waals surface area contributed by atoms with Crippen LogP contribution in [0.2, 0.25) is 0 Å². The summed E-state index contributed by atoms with van der Waals surface area (Å²) in [5.74, 6) is 0. The lowest BCUT2D eigenvalue weighted by Crippen LogP contribution is -2.13. The Morgan fingerprint density at radius 2 is 1.87 bits per heavy atom. The number of hydrogen-bond acceptors (Lipinski definition) is 2. The topological polar surface area (TPSA) is 18.5 Å². The van der Waals surface area contributed by atoms with Crippen molar-refractivity contribution in [2.45, 2.75) is 26.9 Å². The van der Waals surface area contributed by atoms with Crippen LogP contribution in [0.3, 0.4) is 0 Å². The van der Waals surface area contributed by atoms with Crippen molar-refractivity contribution >= 4 is 0 Å². The molecule has 1 unspecified atom stereocenters. The number of aryl methyl sites for hydroxylation is 1. The summed E-state index contributed by atoms with van der Waals surface area (Å²) in [5, 5.41) is 0. The maximum atomic E-state index is 5.69. The first-order valence-corrected chi connectivity index (χ1v) is 5.54. The van der Waals surface area contributed by atoms with Gasteiger partial charge in [-0.2, -0.15) is 0 Å². The van der Waals surface area contributed by atoms with Gasteiger partial charge in [0.2, 0.25) is 0 Å². The van der Waals surface area contributed by atoms with Crippen LogP contribution < -0.4 is 0 Å². The van der Waals surface area contributed by atoms with Crippen LogP contribution in [-0.2, 0) is 9.47 Å². The summed E-state index contributed by atoms with van der Waals surface area (Å²) < 4.78 is 11.1. The highest BCUT2D eigenvalue weighted by atomic mass is 16.5. The largest absolute Gasteiger partial charge is 0.379 e. The van der Waals surface area contributed by atoms with Crippen molar-refractivity contribution in [3.05, 3.63) is 35.4 Å². The summed E-state index contributed by atoms with van der Waals surface area (Å²) in [6.07, 6.45) is 0.0659. The van der Waals surface area contributed by atoms with Crippen molar-refractivity contribution in [1.82, 2.24) is 0 Å². The fourth-order valence-electron chi connectivity index (χ4n) is 1.60. The van der Waals surface area contributed by atoms with Crippen LogP contribution in [0.5, 0.6) is 0 Å². The van der Waals surface area contributed by atoms with Gasteiger partial charge in [-0.05, 0) is 31.9 Å². The molecule has 0 bridgehead atoms. The summed E-state index contributed by atoms with van der Waals surface area (Å²) in [6, 6.07) is 8.30. The van der Waals surface area contributed by atoms with E-state index in [0.717, 1.165) is 6.61 Å². The Bertz CT molecular complexity index is 284. The van der Waals surface area contributed by atoms with Gasteiger partial charge in [-0.15, -0.1) is 0 Å². The van der Waals surface area contributed by atoms with Gasteiger partial charge in [-0.1, -0.05) is 24.3 Å². The smallest absolute Gasteiger partial charge is 0.106 e. The lowest BCUT2D eigenvalue weighted by molar-refractivity contribution is -0.0100. The highest BCUT2D eigenvalue weighted by Crippen LogP contribution is 2.21. The molecule has 1 atom stereocenters. The zero-order valence-corrected chi connectivity index (χ0v) is 9.82. The molecular weight excluding hydrogens is 188 g/mol. The molecule has 84 valence electrons. The van der Waals surface area contributed by atoms with Crippen molar-refractivity contribution in [2.75, 3.05) is 19.8 Å². The fourth-order valence-corrected chi connectivity index (χ4v) is 1.60. The number of ether oxygens (including phenoxy) is 2. The van der Waals surface area contributed by atoms with Gasteiger partial charge in [0.1, 0.15) is 6.10 Å². The minimum Gasteiger partial charge on any atom is -0.379 e. The van der Waals surface area contributed by atoms with E-state index in [1.54, 1.807) is 0 Å². The molecule has 2 nitrogen and oxygen atoms in total. The molecule has 2 heteroatoms. The summed E-state index contributed by atoms with van der Waals surface area (Å²) in [6.45, 7) is 8.20. The van der Waals surface area contributed by atoms with E-state index in [4.69, 9.17) is 9.47 Å². The molecule has 0 aliphatic rings. The molecule has 0 spiro atoms. The minimum absolute atomic E-state index is 0.0659. The predicted molar refractivity (Wildman–Crippen MR) is 62.0 cm³/mol. The molecule has 0 fully saturated rings. The van der Waals surface area contributed by atoms with Gasteiger partial charge in [-0.3, -0.25) is 0 Å². The van der Waals surface area contributed by atoms with Crippen molar-refractivity contribution in [1.29, 1.82) is 0 Å². The second kappa shape index (κ2) is 6.59. The summed E-state index contributed by atoms with van der Waals surface area (Å²) >= 11 is 0. The molecule has 1 aromatic rings. The van der Waals surface area contributed by atoms with Crippen LogP contribution in [0.1, 0.15) is 31.1 Å². The number of benzene rings is 1. The average molecular weight is 208 g/mol. The second-order valence-electron chi connectivity index (χ2n) is 3.46. The Balaban J connectivity index is 2.74. The van der Waals surface area contributed by atoms with E-state index in [-0.39, 0.29) is 6.10 Å². The highest BCUT2D eigenvalue weighted by Gasteiger charge is 2.13. The standard InChI is InChI=1S/C13H20O2/c1-4-14-10-13(15-5-2)12-9-7-6-8-11(12)3/h6-9,13H,4-5,10H2,1-3H3. The lowest BCUT2D eigenvalue weighted by Gasteiger charge is -2.19. The normalized spacial score (nSPS) is 12.7. The summed E-state index contributed by atoms with van der Waals surface area (Å²) in [4.78, 5) is 0. The molecule has 0 aliphatic heterocycles. The van der Waals surface area contributed by atoms with Crippen molar-refractivity contribution in [3.8, 4) is 0 Å². The maximum Gasteiger partial charge on any atom is 0.106 e. The van der Waals surface area contributed by atoms with E-state index in [1.807, 2.05) is 26.0 Å². The van der Waals surface area contributed by atoms with Crippen molar-refractivity contribution in [2.24, 2.45) is 0 Å². The zero-order valence-electron chi connectivity index (χ0n) is 9.82. The van der Waals surface area contributed by atoms with Crippen LogP contribution in [0.15, 0.2) is 24.3 Å². The van der Waals surface area contributed by atoms with Crippen LogP contribution in [-0.4, -0.2) is 19.8 Å². The Kier molecular flexibility index (Phi) is 5.37. The maximum absolute atomic E-state index is 5.69. The van der Waals surface area contributed by atoms with Gasteiger partial charge >= 0.3 is 0 Å². The van der Waals surface area contributed by atoms with Gasteiger partial charge in [0.25, 0.3) is 0 Å². The number of rotatable bonds is 6. The Morgan fingerprint density at radius 3 is 2.47 bits per heavy atom. The molecule has 0 saturated carbocycles. The fraction of sp³-hybridized carbons (Fsp3) is 0.538. The van der Waals surface area contributed by atoms with Crippen LogP contribution in [0, 0.1) is 6.92 Å². The molecular formula is C13H20O2. The third kappa shape index (κ3) is 3.65. The molecule has 0 heterocycles. The van der Waals surface area contributed by atoms with E-state index in [9.17, 15) is 0 Å². The van der Waals surface area contributed by atoms with Gasteiger partial charge in [0.15, 0.2) is 0 Å². The van der Waals surface area contributed by atoms with Crippen molar-refractivity contribution in [3.63, 3.8) is 0 Å². The molecule has 1 rings (SSSR count). The summed E-state index contributed by atoms with van der Waals surface area (Å²) in [7, 11) is 0. The second-order valence-corrected chi connectivity index (χ2v) is 3.46. The first-order valence-electron chi connectivity index (χ1n) is 5.54. The van der Waals surface area contributed by atoms with Gasteiger partial charge in [-0.25, -0.2) is 0 Å². The Labute approximate surface area is 92.2 Å². The molecule has 0 radical (unpaired) electrons. The molecule has 0 aliphatic carbocycles. The highest BCUT2D eigenvalue weighted by molar-refractivity contribution is 5.27. The van der Waals surface area contributed by atoms with E-state index < -0.39 is 0 Å². The Morgan fingerprint density at radius 1 is 1.13 bits per heavy atom. The average Bonchev–Trinajstić information content (AvgIpc) is 2.25. The molecule has 0 N–H and O–H groups in total. The molecule has 1 aromatic carbocycles. The van der Waals surface area contributed by atoms with E-state index in [0.29, 0.717) is 13.2 Å². The molecule has 0 amide bonds. The Hall–Kier alpha value is -0.860. The van der Waals surface area contributed by atoms with E-state index >= 15 is 0 Å². The van der Waals surface area contributed by atoms with Gasteiger partial charge in [0.05, 0.1) is 6.61 Å². The van der Waals surface area contributed by atoms with Crippen LogP contribution in [0.4, 0.5) is 0 Å². The quantitative estimate of drug-likeness (QED) is 0.715. The first kappa shape index (κ1) is 12.2. The van der Waals surface area contributed by atoms with E-state index in [1.165, 1.54) is 11.1 Å². The van der Waals surface area contributed by atoms with Crippen LogP contribution in [0.25, 0.3) is 0 Å². The first-order chi connectivity index (χ1) is 7.29. The van der Waals surface area contributed by atoms with Crippen molar-refractivity contribution < 1.29 is 9.47 Å². The van der Waals surface area contributed by atoms with Gasteiger partial charge < -0.3 is 9.47 Å².